The number of aromatic nitrogens is 1. The zero-order valence-corrected chi connectivity index (χ0v) is 11.5. The molecule has 0 atom stereocenters. The highest BCUT2D eigenvalue weighted by molar-refractivity contribution is 5.92. The number of nitrogens with two attached hydrogens (primary N) is 1. The molecule has 2 heterocycles. The number of urea groups is 1. The van der Waals surface area contributed by atoms with Crippen molar-refractivity contribution in [2.75, 3.05) is 38.5 Å². The fourth-order valence-electron chi connectivity index (χ4n) is 2.08. The van der Waals surface area contributed by atoms with E-state index in [0.717, 1.165) is 19.5 Å². The van der Waals surface area contributed by atoms with Gasteiger partial charge in [-0.2, -0.15) is 0 Å². The fourth-order valence-corrected chi connectivity index (χ4v) is 2.08. The van der Waals surface area contributed by atoms with Crippen molar-refractivity contribution in [3.05, 3.63) is 23.9 Å². The van der Waals surface area contributed by atoms with Gasteiger partial charge in [-0.05, 0) is 32.1 Å². The molecule has 1 aliphatic rings. The molecule has 108 valence electrons. The Morgan fingerprint density at radius 3 is 2.80 bits per heavy atom. The molecule has 3 amide bonds. The largest absolute Gasteiger partial charge is 0.364 e. The molecule has 3 N–H and O–H groups in total. The lowest BCUT2D eigenvalue weighted by atomic mass is 10.3. The summed E-state index contributed by atoms with van der Waals surface area (Å²) in [4.78, 5) is 31.1. The maximum Gasteiger partial charge on any atom is 0.323 e. The summed E-state index contributed by atoms with van der Waals surface area (Å²) in [5.74, 6) is -0.276. The first-order valence-corrected chi connectivity index (χ1v) is 6.57. The van der Waals surface area contributed by atoms with Crippen LogP contribution in [0.3, 0.4) is 0 Å². The standard InChI is InChI=1S/C13H19N5O2/c1-17-6-3-7-18(9-8-17)13(20)16-11-5-2-4-10(15-11)12(14)19/h2,4-5H,3,6-9H2,1H3,(H2,14,19)(H,15,16,20). The predicted octanol–water partition coefficient (Wildman–Crippen LogP) is 0.350. The van der Waals surface area contributed by atoms with E-state index in [1.165, 1.54) is 6.07 Å². The van der Waals surface area contributed by atoms with E-state index < -0.39 is 5.91 Å². The van der Waals surface area contributed by atoms with E-state index in [4.69, 9.17) is 5.73 Å². The molecule has 0 aliphatic carbocycles. The molecule has 1 aromatic heterocycles. The highest BCUT2D eigenvalue weighted by atomic mass is 16.2. The molecule has 20 heavy (non-hydrogen) atoms. The van der Waals surface area contributed by atoms with Crippen LogP contribution in [-0.4, -0.2) is 59.9 Å². The van der Waals surface area contributed by atoms with Crippen LogP contribution in [-0.2, 0) is 0 Å². The molecule has 7 heteroatoms. The van der Waals surface area contributed by atoms with Crippen molar-refractivity contribution >= 4 is 17.8 Å². The van der Waals surface area contributed by atoms with Crippen LogP contribution in [0.5, 0.6) is 0 Å². The van der Waals surface area contributed by atoms with E-state index in [1.807, 2.05) is 7.05 Å². The lowest BCUT2D eigenvalue weighted by molar-refractivity contribution is 0.0995. The van der Waals surface area contributed by atoms with Gasteiger partial charge in [0.15, 0.2) is 0 Å². The van der Waals surface area contributed by atoms with Crippen molar-refractivity contribution in [1.82, 2.24) is 14.8 Å². The van der Waals surface area contributed by atoms with Crippen molar-refractivity contribution in [2.45, 2.75) is 6.42 Å². The fraction of sp³-hybridized carbons (Fsp3) is 0.462. The zero-order valence-electron chi connectivity index (χ0n) is 11.5. The van der Waals surface area contributed by atoms with Crippen molar-refractivity contribution in [3.8, 4) is 0 Å². The number of hydrogen-bond acceptors (Lipinski definition) is 4. The summed E-state index contributed by atoms with van der Waals surface area (Å²) in [5, 5.41) is 2.70. The summed E-state index contributed by atoms with van der Waals surface area (Å²) in [6.07, 6.45) is 0.943. The van der Waals surface area contributed by atoms with E-state index in [2.05, 4.69) is 15.2 Å². The number of carbonyl (C=O) groups excluding carboxylic acids is 2. The molecule has 7 nitrogen and oxygen atoms in total. The number of rotatable bonds is 2. The molecule has 1 fully saturated rings. The monoisotopic (exact) mass is 277 g/mol. The Morgan fingerprint density at radius 2 is 2.05 bits per heavy atom. The Bertz CT molecular complexity index is 505. The van der Waals surface area contributed by atoms with Crippen LogP contribution in [0, 0.1) is 0 Å². The third kappa shape index (κ3) is 3.67. The Hall–Kier alpha value is -2.15. The van der Waals surface area contributed by atoms with Gasteiger partial charge in [0, 0.05) is 19.6 Å². The minimum atomic E-state index is -0.613. The van der Waals surface area contributed by atoms with E-state index >= 15 is 0 Å². The summed E-state index contributed by atoms with van der Waals surface area (Å²) in [6.45, 7) is 3.23. The number of primary amides is 1. The first kappa shape index (κ1) is 14.3. The molecule has 0 unspecified atom stereocenters. The average molecular weight is 277 g/mol. The smallest absolute Gasteiger partial charge is 0.323 e. The number of anilines is 1. The van der Waals surface area contributed by atoms with Gasteiger partial charge in [0.2, 0.25) is 0 Å². The van der Waals surface area contributed by atoms with Gasteiger partial charge >= 0.3 is 6.03 Å². The molecule has 0 aromatic carbocycles. The number of nitrogens with zero attached hydrogens (tertiary/aromatic N) is 3. The van der Waals surface area contributed by atoms with Crippen molar-refractivity contribution < 1.29 is 9.59 Å². The zero-order chi connectivity index (χ0) is 14.5. The topological polar surface area (TPSA) is 91.6 Å². The van der Waals surface area contributed by atoms with Crippen molar-refractivity contribution in [2.24, 2.45) is 5.73 Å². The number of carbonyl (C=O) groups is 2. The molecule has 2 rings (SSSR count). The van der Waals surface area contributed by atoms with Crippen LogP contribution in [0.15, 0.2) is 18.2 Å². The van der Waals surface area contributed by atoms with Gasteiger partial charge in [-0.15, -0.1) is 0 Å². The summed E-state index contributed by atoms with van der Waals surface area (Å²) in [7, 11) is 2.04. The number of pyridine rings is 1. The lowest BCUT2D eigenvalue weighted by Gasteiger charge is -2.20. The third-order valence-electron chi connectivity index (χ3n) is 3.24. The first-order chi connectivity index (χ1) is 9.56. The van der Waals surface area contributed by atoms with Crippen LogP contribution in [0.4, 0.5) is 10.6 Å². The van der Waals surface area contributed by atoms with Gasteiger partial charge in [-0.25, -0.2) is 9.78 Å². The molecule has 0 spiro atoms. The van der Waals surface area contributed by atoms with Crippen LogP contribution >= 0.6 is 0 Å². The number of amides is 3. The number of nitrogens with one attached hydrogen (secondary N) is 1. The van der Waals surface area contributed by atoms with Crippen molar-refractivity contribution in [3.63, 3.8) is 0 Å². The van der Waals surface area contributed by atoms with Gasteiger partial charge in [0.05, 0.1) is 0 Å². The minimum absolute atomic E-state index is 0.137. The van der Waals surface area contributed by atoms with Crippen LogP contribution < -0.4 is 11.1 Å². The Labute approximate surface area is 117 Å². The molecular formula is C13H19N5O2. The molecule has 1 aromatic rings. The lowest BCUT2D eigenvalue weighted by Crippen LogP contribution is -2.37. The predicted molar refractivity (Wildman–Crippen MR) is 75.5 cm³/mol. The second kappa shape index (κ2) is 6.33. The van der Waals surface area contributed by atoms with E-state index in [-0.39, 0.29) is 11.7 Å². The van der Waals surface area contributed by atoms with Crippen molar-refractivity contribution in [1.29, 1.82) is 0 Å². The molecule has 1 aliphatic heterocycles. The normalized spacial score (nSPS) is 16.6. The highest BCUT2D eigenvalue weighted by Gasteiger charge is 2.17. The maximum absolute atomic E-state index is 12.1. The molecule has 0 bridgehead atoms. The summed E-state index contributed by atoms with van der Waals surface area (Å²) in [6, 6.07) is 4.58. The van der Waals surface area contributed by atoms with Crippen LogP contribution in [0.2, 0.25) is 0 Å². The second-order valence-electron chi connectivity index (χ2n) is 4.85. The molecular weight excluding hydrogens is 258 g/mol. The summed E-state index contributed by atoms with van der Waals surface area (Å²) >= 11 is 0. The molecule has 1 saturated heterocycles. The van der Waals surface area contributed by atoms with Crippen LogP contribution in [0.1, 0.15) is 16.9 Å². The molecule has 0 saturated carbocycles. The number of hydrogen-bond donors (Lipinski definition) is 2. The Kier molecular flexibility index (Phi) is 4.52. The average Bonchev–Trinajstić information content (AvgIpc) is 2.64. The maximum atomic E-state index is 12.1. The van der Waals surface area contributed by atoms with Gasteiger partial charge in [0.25, 0.3) is 5.91 Å². The Balaban J connectivity index is 2.00. The van der Waals surface area contributed by atoms with Gasteiger partial charge in [-0.1, -0.05) is 6.07 Å². The highest BCUT2D eigenvalue weighted by Crippen LogP contribution is 2.08. The van der Waals surface area contributed by atoms with E-state index in [1.54, 1.807) is 17.0 Å². The summed E-state index contributed by atoms with van der Waals surface area (Å²) in [5.41, 5.74) is 5.30. The first-order valence-electron chi connectivity index (χ1n) is 6.57. The van der Waals surface area contributed by atoms with Crippen LogP contribution in [0.25, 0.3) is 0 Å². The minimum Gasteiger partial charge on any atom is -0.364 e. The van der Waals surface area contributed by atoms with E-state index in [9.17, 15) is 9.59 Å². The van der Waals surface area contributed by atoms with Gasteiger partial charge in [0.1, 0.15) is 11.5 Å². The third-order valence-corrected chi connectivity index (χ3v) is 3.24. The summed E-state index contributed by atoms with van der Waals surface area (Å²) < 4.78 is 0. The SMILES string of the molecule is CN1CCCN(C(=O)Nc2cccc(C(N)=O)n2)CC1. The molecule has 0 radical (unpaired) electrons. The second-order valence-corrected chi connectivity index (χ2v) is 4.85. The number of likely N-dealkylation sites (N-methyl/N-ethyl adjacent to an activating group) is 1. The Morgan fingerprint density at radius 1 is 1.25 bits per heavy atom. The van der Waals surface area contributed by atoms with Gasteiger partial charge in [-0.3, -0.25) is 10.1 Å². The van der Waals surface area contributed by atoms with Gasteiger partial charge < -0.3 is 15.5 Å². The quantitative estimate of drug-likeness (QED) is 0.816. The van der Waals surface area contributed by atoms with E-state index in [0.29, 0.717) is 18.9 Å².